The molecule has 0 bridgehead atoms. The van der Waals surface area contributed by atoms with Crippen LogP contribution >= 0.6 is 27.5 Å². The summed E-state index contributed by atoms with van der Waals surface area (Å²) in [6.45, 7) is 1.96. The minimum atomic E-state index is -0.191. The van der Waals surface area contributed by atoms with Gasteiger partial charge in [-0.2, -0.15) is 0 Å². The third-order valence-corrected chi connectivity index (χ3v) is 4.16. The van der Waals surface area contributed by atoms with Crippen LogP contribution in [-0.2, 0) is 6.42 Å². The molecule has 0 saturated heterocycles. The van der Waals surface area contributed by atoms with E-state index in [-0.39, 0.29) is 11.9 Å². The lowest BCUT2D eigenvalue weighted by atomic mass is 9.97. The Morgan fingerprint density at radius 3 is 2.65 bits per heavy atom. The molecular formula is C16H16BrClFN. The van der Waals surface area contributed by atoms with Gasteiger partial charge < -0.3 is 5.32 Å². The van der Waals surface area contributed by atoms with Crippen molar-refractivity contribution < 1.29 is 4.39 Å². The Morgan fingerprint density at radius 1 is 1.25 bits per heavy atom. The van der Waals surface area contributed by atoms with Crippen LogP contribution in [0.25, 0.3) is 0 Å². The van der Waals surface area contributed by atoms with Crippen LogP contribution in [-0.4, -0.2) is 7.05 Å². The minimum Gasteiger partial charge on any atom is -0.313 e. The molecule has 0 aromatic heterocycles. The smallest absolute Gasteiger partial charge is 0.128 e. The summed E-state index contributed by atoms with van der Waals surface area (Å²) in [4.78, 5) is 0. The van der Waals surface area contributed by atoms with E-state index in [1.165, 1.54) is 6.07 Å². The van der Waals surface area contributed by atoms with Crippen molar-refractivity contribution in [2.24, 2.45) is 0 Å². The van der Waals surface area contributed by atoms with Crippen LogP contribution in [0.5, 0.6) is 0 Å². The van der Waals surface area contributed by atoms with Gasteiger partial charge in [0.05, 0.1) is 0 Å². The van der Waals surface area contributed by atoms with Crippen LogP contribution in [0.4, 0.5) is 4.39 Å². The molecule has 0 fully saturated rings. The molecule has 4 heteroatoms. The molecule has 0 heterocycles. The fraction of sp³-hybridized carbons (Fsp3) is 0.250. The molecule has 0 aliphatic heterocycles. The summed E-state index contributed by atoms with van der Waals surface area (Å²) in [5, 5.41) is 3.85. The van der Waals surface area contributed by atoms with Gasteiger partial charge in [0, 0.05) is 21.1 Å². The Kier molecular flexibility index (Phi) is 5.19. The molecule has 0 aliphatic carbocycles. The molecule has 1 unspecified atom stereocenters. The maximum absolute atomic E-state index is 14.0. The standard InChI is InChI=1S/C16H16BrClFN/c1-10-3-6-15(19)13(7-10)16(20-2)8-11-4-5-12(17)9-14(11)18/h3-7,9,16,20H,8H2,1-2H3. The maximum atomic E-state index is 14.0. The highest BCUT2D eigenvalue weighted by Gasteiger charge is 2.16. The number of likely N-dealkylation sites (N-methyl/N-ethyl adjacent to an activating group) is 1. The molecule has 106 valence electrons. The van der Waals surface area contributed by atoms with Crippen LogP contribution < -0.4 is 5.32 Å². The third kappa shape index (κ3) is 3.60. The van der Waals surface area contributed by atoms with E-state index in [1.807, 2.05) is 38.2 Å². The Morgan fingerprint density at radius 2 is 2.00 bits per heavy atom. The predicted octanol–water partition coefficient (Wildman–Crippen LogP) is 5.05. The fourth-order valence-electron chi connectivity index (χ4n) is 2.20. The van der Waals surface area contributed by atoms with E-state index in [9.17, 15) is 4.39 Å². The van der Waals surface area contributed by atoms with E-state index >= 15 is 0 Å². The van der Waals surface area contributed by atoms with Crippen LogP contribution in [0.15, 0.2) is 40.9 Å². The second-order valence-electron chi connectivity index (χ2n) is 4.81. The Labute approximate surface area is 132 Å². The highest BCUT2D eigenvalue weighted by atomic mass is 79.9. The summed E-state index contributed by atoms with van der Waals surface area (Å²) in [7, 11) is 1.83. The van der Waals surface area contributed by atoms with Gasteiger partial charge in [0.1, 0.15) is 5.82 Å². The first-order chi connectivity index (χ1) is 9.51. The monoisotopic (exact) mass is 355 g/mol. The molecule has 1 N–H and O–H groups in total. The van der Waals surface area contributed by atoms with Gasteiger partial charge in [-0.15, -0.1) is 0 Å². The number of benzene rings is 2. The molecule has 2 aromatic carbocycles. The van der Waals surface area contributed by atoms with Crippen LogP contribution in [0.2, 0.25) is 5.02 Å². The Hall–Kier alpha value is -0.900. The van der Waals surface area contributed by atoms with Crippen LogP contribution in [0.1, 0.15) is 22.7 Å². The molecule has 20 heavy (non-hydrogen) atoms. The van der Waals surface area contributed by atoms with Crippen molar-refractivity contribution >= 4 is 27.5 Å². The zero-order valence-electron chi connectivity index (χ0n) is 11.4. The van der Waals surface area contributed by atoms with Gasteiger partial charge in [-0.1, -0.05) is 51.3 Å². The third-order valence-electron chi connectivity index (χ3n) is 3.31. The van der Waals surface area contributed by atoms with E-state index in [0.29, 0.717) is 17.0 Å². The van der Waals surface area contributed by atoms with E-state index in [2.05, 4.69) is 21.2 Å². The second kappa shape index (κ2) is 6.70. The first kappa shape index (κ1) is 15.5. The molecular weight excluding hydrogens is 341 g/mol. The van der Waals surface area contributed by atoms with Crippen molar-refractivity contribution in [2.75, 3.05) is 7.05 Å². The quantitative estimate of drug-likeness (QED) is 0.808. The summed E-state index contributed by atoms with van der Waals surface area (Å²) >= 11 is 9.62. The van der Waals surface area contributed by atoms with E-state index in [1.54, 1.807) is 6.07 Å². The number of aryl methyl sites for hydroxylation is 1. The summed E-state index contributed by atoms with van der Waals surface area (Å²) in [6.07, 6.45) is 0.642. The van der Waals surface area contributed by atoms with E-state index < -0.39 is 0 Å². The summed E-state index contributed by atoms with van der Waals surface area (Å²) < 4.78 is 14.9. The zero-order valence-corrected chi connectivity index (χ0v) is 13.7. The highest BCUT2D eigenvalue weighted by Crippen LogP contribution is 2.27. The van der Waals surface area contributed by atoms with Gasteiger partial charge in [0.15, 0.2) is 0 Å². The molecule has 1 nitrogen and oxygen atoms in total. The average Bonchev–Trinajstić information content (AvgIpc) is 2.41. The molecule has 0 aliphatic rings. The normalized spacial score (nSPS) is 12.4. The summed E-state index contributed by atoms with van der Waals surface area (Å²) in [6, 6.07) is 10.8. The van der Waals surface area contributed by atoms with Crippen molar-refractivity contribution in [3.8, 4) is 0 Å². The topological polar surface area (TPSA) is 12.0 Å². The molecule has 0 saturated carbocycles. The predicted molar refractivity (Wildman–Crippen MR) is 85.8 cm³/mol. The number of hydrogen-bond donors (Lipinski definition) is 1. The Bertz CT molecular complexity index is 615. The van der Waals surface area contributed by atoms with Gasteiger partial charge in [0.25, 0.3) is 0 Å². The van der Waals surface area contributed by atoms with Crippen molar-refractivity contribution in [1.82, 2.24) is 5.32 Å². The van der Waals surface area contributed by atoms with E-state index in [4.69, 9.17) is 11.6 Å². The van der Waals surface area contributed by atoms with Crippen LogP contribution in [0.3, 0.4) is 0 Å². The zero-order chi connectivity index (χ0) is 14.7. The molecule has 0 radical (unpaired) electrons. The van der Waals surface area contributed by atoms with Crippen molar-refractivity contribution in [3.05, 3.63) is 68.4 Å². The molecule has 0 amide bonds. The molecule has 1 atom stereocenters. The van der Waals surface area contributed by atoms with Gasteiger partial charge in [-0.3, -0.25) is 0 Å². The largest absolute Gasteiger partial charge is 0.313 e. The first-order valence-corrected chi connectivity index (χ1v) is 7.55. The number of nitrogens with one attached hydrogen (secondary N) is 1. The molecule has 2 rings (SSSR count). The van der Waals surface area contributed by atoms with E-state index in [0.717, 1.165) is 15.6 Å². The first-order valence-electron chi connectivity index (χ1n) is 6.38. The summed E-state index contributed by atoms with van der Waals surface area (Å²) in [5.41, 5.74) is 2.71. The summed E-state index contributed by atoms with van der Waals surface area (Å²) in [5.74, 6) is -0.191. The fourth-order valence-corrected chi connectivity index (χ4v) is 2.96. The van der Waals surface area contributed by atoms with Crippen molar-refractivity contribution in [1.29, 1.82) is 0 Å². The van der Waals surface area contributed by atoms with Crippen molar-refractivity contribution in [3.63, 3.8) is 0 Å². The lowest BCUT2D eigenvalue weighted by Crippen LogP contribution is -2.20. The van der Waals surface area contributed by atoms with Crippen LogP contribution in [0, 0.1) is 12.7 Å². The van der Waals surface area contributed by atoms with Gasteiger partial charge in [0.2, 0.25) is 0 Å². The maximum Gasteiger partial charge on any atom is 0.128 e. The highest BCUT2D eigenvalue weighted by molar-refractivity contribution is 9.10. The minimum absolute atomic E-state index is 0.103. The second-order valence-corrected chi connectivity index (χ2v) is 6.13. The van der Waals surface area contributed by atoms with Crippen molar-refractivity contribution in [2.45, 2.75) is 19.4 Å². The Balaban J connectivity index is 2.31. The molecule has 2 aromatic rings. The molecule has 0 spiro atoms. The number of halogens is 3. The lowest BCUT2D eigenvalue weighted by molar-refractivity contribution is 0.533. The van der Waals surface area contributed by atoms with Gasteiger partial charge in [-0.25, -0.2) is 4.39 Å². The van der Waals surface area contributed by atoms with Gasteiger partial charge >= 0.3 is 0 Å². The number of hydrogen-bond acceptors (Lipinski definition) is 1. The number of rotatable bonds is 4. The lowest BCUT2D eigenvalue weighted by Gasteiger charge is -2.19. The van der Waals surface area contributed by atoms with Gasteiger partial charge in [-0.05, 0) is 44.2 Å². The average molecular weight is 357 g/mol. The SMILES string of the molecule is CNC(Cc1ccc(Br)cc1Cl)c1cc(C)ccc1F.